The van der Waals surface area contributed by atoms with Crippen LogP contribution in [-0.4, -0.2) is 27.9 Å². The average Bonchev–Trinajstić information content (AvgIpc) is 2.51. The van der Waals surface area contributed by atoms with Crippen molar-refractivity contribution < 1.29 is 18.1 Å². The van der Waals surface area contributed by atoms with E-state index in [2.05, 4.69) is 95.6 Å². The van der Waals surface area contributed by atoms with Crippen molar-refractivity contribution in [2.75, 3.05) is 16.0 Å². The van der Waals surface area contributed by atoms with Crippen LogP contribution in [0, 0.1) is 16.2 Å². The highest BCUT2D eigenvalue weighted by Crippen LogP contribution is 2.68. The van der Waals surface area contributed by atoms with E-state index < -0.39 is 36.0 Å². The highest BCUT2D eigenvalue weighted by molar-refractivity contribution is 9.11. The lowest BCUT2D eigenvalue weighted by Crippen LogP contribution is -2.43. The van der Waals surface area contributed by atoms with Crippen molar-refractivity contribution in [3.8, 4) is 0 Å². The van der Waals surface area contributed by atoms with E-state index in [0.717, 1.165) is 0 Å². The number of hydrogen-bond donors (Lipinski definition) is 0. The molecule has 4 nitrogen and oxygen atoms in total. The monoisotopic (exact) mass is 878 g/mol. The molecular formula is C15H24Br6Cl3O4P. The lowest BCUT2D eigenvalue weighted by atomic mass is 9.98. The second kappa shape index (κ2) is 11.3. The second-order valence-corrected chi connectivity index (χ2v) is 17.8. The molecule has 0 fully saturated rings. The van der Waals surface area contributed by atoms with Crippen LogP contribution in [0.15, 0.2) is 0 Å². The average molecular weight is 885 g/mol. The summed E-state index contributed by atoms with van der Waals surface area (Å²) in [5.41, 5.74) is -2.22. The molecular weight excluding hydrogens is 861 g/mol. The van der Waals surface area contributed by atoms with E-state index in [1.54, 1.807) is 41.5 Å². The summed E-state index contributed by atoms with van der Waals surface area (Å²) in [6, 6.07) is 0. The molecule has 0 aromatic carbocycles. The molecule has 0 aromatic rings. The molecule has 0 heterocycles. The van der Waals surface area contributed by atoms with Crippen LogP contribution < -0.4 is 0 Å². The Hall–Kier alpha value is 3.86. The van der Waals surface area contributed by atoms with Gasteiger partial charge < -0.3 is 0 Å². The molecule has 0 aliphatic heterocycles. The Balaban J connectivity index is 6.31. The van der Waals surface area contributed by atoms with Crippen LogP contribution in [0.5, 0.6) is 0 Å². The minimum atomic E-state index is -4.51. The van der Waals surface area contributed by atoms with Crippen LogP contribution in [0.2, 0.25) is 0 Å². The van der Waals surface area contributed by atoms with Gasteiger partial charge in [0.2, 0.25) is 11.9 Å². The smallest absolute Gasteiger partial charge is 0.253 e. The van der Waals surface area contributed by atoms with Gasteiger partial charge in [0.1, 0.15) is 0 Å². The lowest BCUT2D eigenvalue weighted by molar-refractivity contribution is -0.00131. The highest BCUT2D eigenvalue weighted by Gasteiger charge is 2.58. The minimum Gasteiger partial charge on any atom is -0.253 e. The second-order valence-electron chi connectivity index (χ2n) is 8.32. The Labute approximate surface area is 239 Å². The topological polar surface area (TPSA) is 44.8 Å². The Bertz CT molecular complexity index is 536. The third-order valence-electron chi connectivity index (χ3n) is 4.05. The molecule has 0 rings (SSSR count). The molecule has 176 valence electrons. The molecule has 3 unspecified atom stereocenters. The van der Waals surface area contributed by atoms with E-state index in [1.165, 1.54) is 0 Å². The Morgan fingerprint density at radius 3 is 0.931 bits per heavy atom. The largest absolute Gasteiger partial charge is 0.482 e. The molecule has 0 saturated heterocycles. The van der Waals surface area contributed by atoms with Crippen molar-refractivity contribution in [1.82, 2.24) is 0 Å². The SMILES string of the molecule is CC(C)(CBr)C(Cl)(Br)OP(=O)(OC(Cl)(Br)C(C)(C)CBr)OC(Cl)(Br)C(C)(C)CBr. The molecule has 0 aromatic heterocycles. The van der Waals surface area contributed by atoms with Crippen LogP contribution in [-0.2, 0) is 18.1 Å². The van der Waals surface area contributed by atoms with Crippen LogP contribution in [0.1, 0.15) is 41.5 Å². The highest BCUT2D eigenvalue weighted by atomic mass is 79.9. The minimum absolute atomic E-state index is 0.412. The standard InChI is InChI=1S/C15H24Br6Cl3O4P/c1-10(2,7-16)13(19,22)26-29(25,27-14(20,23)11(3,4)8-17)28-15(21,24)12(5,6)9-18/h7-9H2,1-6H3. The molecule has 0 saturated carbocycles. The van der Waals surface area contributed by atoms with E-state index in [9.17, 15) is 4.57 Å². The molecule has 29 heavy (non-hydrogen) atoms. The predicted molar refractivity (Wildman–Crippen MR) is 146 cm³/mol. The van der Waals surface area contributed by atoms with Gasteiger partial charge in [-0.15, -0.1) is 0 Å². The zero-order valence-electron chi connectivity index (χ0n) is 16.6. The van der Waals surface area contributed by atoms with Gasteiger partial charge >= 0.3 is 7.82 Å². The third-order valence-corrected chi connectivity index (χ3v) is 16.3. The number of phosphoric ester groups is 1. The van der Waals surface area contributed by atoms with Gasteiger partial charge in [0.05, 0.1) is 0 Å². The van der Waals surface area contributed by atoms with E-state index in [1.807, 2.05) is 0 Å². The molecule has 0 spiro atoms. The van der Waals surface area contributed by atoms with Crippen molar-refractivity contribution >= 4 is 138 Å². The Morgan fingerprint density at radius 1 is 0.621 bits per heavy atom. The lowest BCUT2D eigenvalue weighted by Gasteiger charge is -2.44. The molecule has 0 aliphatic rings. The van der Waals surface area contributed by atoms with E-state index in [4.69, 9.17) is 48.4 Å². The van der Waals surface area contributed by atoms with Gasteiger partial charge in [0.15, 0.2) is 0 Å². The normalized spacial score (nSPS) is 22.3. The Morgan fingerprint density at radius 2 is 0.793 bits per heavy atom. The van der Waals surface area contributed by atoms with Crippen LogP contribution in [0.25, 0.3) is 0 Å². The zero-order chi connectivity index (χ0) is 23.7. The Kier molecular flexibility index (Phi) is 12.8. The molecule has 14 heteroatoms. The van der Waals surface area contributed by atoms with Crippen molar-refractivity contribution in [3.05, 3.63) is 0 Å². The fraction of sp³-hybridized carbons (Fsp3) is 1.00. The fourth-order valence-corrected chi connectivity index (χ4v) is 8.55. The van der Waals surface area contributed by atoms with Crippen molar-refractivity contribution in [3.63, 3.8) is 0 Å². The van der Waals surface area contributed by atoms with E-state index in [-0.39, 0.29) is 0 Å². The summed E-state index contributed by atoms with van der Waals surface area (Å²) in [5, 5.41) is 1.24. The van der Waals surface area contributed by atoms with Gasteiger partial charge in [-0.05, 0) is 47.8 Å². The fourth-order valence-electron chi connectivity index (χ4n) is 1.08. The molecule has 3 atom stereocenters. The van der Waals surface area contributed by atoms with Crippen LogP contribution in [0.3, 0.4) is 0 Å². The summed E-state index contributed by atoms with van der Waals surface area (Å²) in [4.78, 5) is 0. The number of rotatable bonds is 12. The molecule has 0 amide bonds. The maximum atomic E-state index is 13.9. The van der Waals surface area contributed by atoms with Gasteiger partial charge in [-0.2, -0.15) is 0 Å². The van der Waals surface area contributed by atoms with Crippen molar-refractivity contribution in [1.29, 1.82) is 0 Å². The first-order valence-corrected chi connectivity index (χ1v) is 16.4. The third kappa shape index (κ3) is 8.49. The van der Waals surface area contributed by atoms with Crippen molar-refractivity contribution in [2.45, 2.75) is 53.5 Å². The predicted octanol–water partition coefficient (Wildman–Crippen LogP) is 10.3. The van der Waals surface area contributed by atoms with Gasteiger partial charge in [-0.3, -0.25) is 13.6 Å². The summed E-state index contributed by atoms with van der Waals surface area (Å²) < 4.78 is 26.2. The summed E-state index contributed by atoms with van der Waals surface area (Å²) in [6.45, 7) is 10.8. The summed E-state index contributed by atoms with van der Waals surface area (Å²) in [7, 11) is -4.51. The maximum absolute atomic E-state index is 13.9. The van der Waals surface area contributed by atoms with Gasteiger partial charge in [-0.25, -0.2) is 4.57 Å². The van der Waals surface area contributed by atoms with Crippen molar-refractivity contribution in [2.24, 2.45) is 16.2 Å². The number of phosphoric acid groups is 1. The molecule has 0 N–H and O–H groups in total. The first kappa shape index (κ1) is 32.9. The van der Waals surface area contributed by atoms with Gasteiger partial charge in [0.25, 0.3) is 0 Å². The maximum Gasteiger partial charge on any atom is 0.482 e. The first-order valence-electron chi connectivity index (χ1n) is 8.09. The number of halogens is 9. The first-order chi connectivity index (χ1) is 12.6. The summed E-state index contributed by atoms with van der Waals surface area (Å²) in [5.74, 6) is 0. The molecule has 0 aliphatic carbocycles. The van der Waals surface area contributed by atoms with Gasteiger partial charge in [0, 0.05) is 32.2 Å². The van der Waals surface area contributed by atoms with Crippen LogP contribution in [0.4, 0.5) is 0 Å². The van der Waals surface area contributed by atoms with Gasteiger partial charge in [-0.1, -0.05) is 124 Å². The molecule has 0 bridgehead atoms. The summed E-state index contributed by atoms with van der Waals surface area (Å²) in [6.07, 6.45) is 0. The van der Waals surface area contributed by atoms with E-state index in [0.29, 0.717) is 16.0 Å². The zero-order valence-corrected chi connectivity index (χ0v) is 29.3. The van der Waals surface area contributed by atoms with Crippen LogP contribution >= 0.6 is 138 Å². The van der Waals surface area contributed by atoms with E-state index >= 15 is 0 Å². The number of alkyl halides is 9. The molecule has 0 radical (unpaired) electrons. The number of hydrogen-bond acceptors (Lipinski definition) is 4. The summed E-state index contributed by atoms with van der Waals surface area (Å²) >= 11 is 39.7. The quantitative estimate of drug-likeness (QED) is 0.145.